The van der Waals surface area contributed by atoms with Crippen molar-refractivity contribution in [1.29, 1.82) is 0 Å². The van der Waals surface area contributed by atoms with Crippen LogP contribution in [0.4, 0.5) is 10.2 Å². The summed E-state index contributed by atoms with van der Waals surface area (Å²) in [6, 6.07) is 15.1. The van der Waals surface area contributed by atoms with Gasteiger partial charge in [-0.25, -0.2) is 9.37 Å². The molecule has 4 aromatic rings. The van der Waals surface area contributed by atoms with Gasteiger partial charge >= 0.3 is 0 Å². The molecule has 1 amide bonds. The average Bonchev–Trinajstić information content (AvgIpc) is 3.07. The number of fused-ring (bicyclic) bond motifs is 2. The molecule has 7 heteroatoms. The number of aromatic nitrogens is 1. The number of carbonyl (C=O) groups excluding carboxylic acids is 1. The fourth-order valence-corrected chi connectivity index (χ4v) is 3.78. The molecule has 0 N–H and O–H groups in total. The zero-order valence-corrected chi connectivity index (χ0v) is 15.8. The van der Waals surface area contributed by atoms with Gasteiger partial charge in [-0.2, -0.15) is 0 Å². The summed E-state index contributed by atoms with van der Waals surface area (Å²) >= 11 is 0. The van der Waals surface area contributed by atoms with Crippen LogP contribution in [0.1, 0.15) is 27.7 Å². The van der Waals surface area contributed by atoms with Crippen molar-refractivity contribution in [2.45, 2.75) is 6.04 Å². The fraction of sp³-hybridized carbons (Fsp3) is 0.0870. The van der Waals surface area contributed by atoms with Crippen LogP contribution in [-0.4, -0.2) is 18.0 Å². The van der Waals surface area contributed by atoms with E-state index in [1.807, 2.05) is 0 Å². The molecule has 5 rings (SSSR count). The number of benzene rings is 2. The van der Waals surface area contributed by atoms with Gasteiger partial charge < -0.3 is 9.15 Å². The van der Waals surface area contributed by atoms with E-state index in [0.717, 1.165) is 6.07 Å². The van der Waals surface area contributed by atoms with E-state index < -0.39 is 23.2 Å². The van der Waals surface area contributed by atoms with Crippen LogP contribution in [0.3, 0.4) is 0 Å². The minimum atomic E-state index is -0.766. The average molecular weight is 402 g/mol. The minimum Gasteiger partial charge on any atom is -0.497 e. The van der Waals surface area contributed by atoms with Crippen LogP contribution in [0.5, 0.6) is 5.75 Å². The van der Waals surface area contributed by atoms with Gasteiger partial charge in [0.25, 0.3) is 5.91 Å². The van der Waals surface area contributed by atoms with Gasteiger partial charge in [0, 0.05) is 6.20 Å². The van der Waals surface area contributed by atoms with Crippen molar-refractivity contribution in [3.8, 4) is 5.75 Å². The number of halogens is 1. The van der Waals surface area contributed by atoms with Crippen LogP contribution >= 0.6 is 0 Å². The van der Waals surface area contributed by atoms with E-state index in [1.54, 1.807) is 55.8 Å². The number of methoxy groups -OCH3 is 1. The Morgan fingerprint density at radius 1 is 1.07 bits per heavy atom. The van der Waals surface area contributed by atoms with Gasteiger partial charge in [-0.05, 0) is 48.0 Å². The van der Waals surface area contributed by atoms with Crippen molar-refractivity contribution in [3.05, 3.63) is 99.8 Å². The molecule has 0 saturated carbocycles. The highest BCUT2D eigenvalue weighted by Gasteiger charge is 2.44. The molecule has 2 aromatic heterocycles. The van der Waals surface area contributed by atoms with Crippen LogP contribution in [0.25, 0.3) is 11.0 Å². The summed E-state index contributed by atoms with van der Waals surface area (Å²) in [5, 5.41) is 0.0860. The third-order valence-corrected chi connectivity index (χ3v) is 5.16. The van der Waals surface area contributed by atoms with E-state index >= 15 is 0 Å². The van der Waals surface area contributed by atoms with E-state index in [1.165, 1.54) is 17.0 Å². The maximum Gasteiger partial charge on any atom is 0.296 e. The fourth-order valence-electron chi connectivity index (χ4n) is 3.78. The lowest BCUT2D eigenvalue weighted by molar-refractivity contribution is 0.0970. The second-order valence-corrected chi connectivity index (χ2v) is 6.85. The maximum atomic E-state index is 13.8. The van der Waals surface area contributed by atoms with Gasteiger partial charge in [-0.3, -0.25) is 14.5 Å². The zero-order valence-electron chi connectivity index (χ0n) is 15.8. The van der Waals surface area contributed by atoms with E-state index in [-0.39, 0.29) is 22.3 Å². The lowest BCUT2D eigenvalue weighted by atomic mass is 9.98. The molecule has 0 fully saturated rings. The van der Waals surface area contributed by atoms with Gasteiger partial charge in [0.1, 0.15) is 23.0 Å². The van der Waals surface area contributed by atoms with Crippen molar-refractivity contribution in [1.82, 2.24) is 4.98 Å². The van der Waals surface area contributed by atoms with Crippen molar-refractivity contribution in [2.75, 3.05) is 12.0 Å². The van der Waals surface area contributed by atoms with Gasteiger partial charge in [0.15, 0.2) is 5.43 Å². The summed E-state index contributed by atoms with van der Waals surface area (Å²) < 4.78 is 24.8. The van der Waals surface area contributed by atoms with E-state index in [9.17, 15) is 14.0 Å². The first kappa shape index (κ1) is 18.1. The molecule has 0 unspecified atom stereocenters. The highest BCUT2D eigenvalue weighted by molar-refractivity contribution is 6.10. The van der Waals surface area contributed by atoms with Crippen molar-refractivity contribution >= 4 is 22.7 Å². The molecule has 0 saturated heterocycles. The van der Waals surface area contributed by atoms with E-state index in [0.29, 0.717) is 17.1 Å². The minimum absolute atomic E-state index is 0.0643. The van der Waals surface area contributed by atoms with E-state index in [2.05, 4.69) is 4.98 Å². The first-order chi connectivity index (χ1) is 14.6. The molecule has 1 aliphatic rings. The lowest BCUT2D eigenvalue weighted by Crippen LogP contribution is -2.30. The lowest BCUT2D eigenvalue weighted by Gasteiger charge is -2.24. The number of pyridine rings is 1. The largest absolute Gasteiger partial charge is 0.497 e. The number of rotatable bonds is 3. The number of ether oxygens (including phenoxy) is 1. The molecule has 0 radical (unpaired) electrons. The van der Waals surface area contributed by atoms with Crippen LogP contribution < -0.4 is 15.1 Å². The molecule has 1 aliphatic heterocycles. The first-order valence-electron chi connectivity index (χ1n) is 9.23. The highest BCUT2D eigenvalue weighted by atomic mass is 19.1. The third-order valence-electron chi connectivity index (χ3n) is 5.16. The summed E-state index contributed by atoms with van der Waals surface area (Å²) in [6.45, 7) is 0. The Morgan fingerprint density at radius 2 is 1.87 bits per heavy atom. The molecule has 2 aromatic carbocycles. The molecular weight excluding hydrogens is 387 g/mol. The summed E-state index contributed by atoms with van der Waals surface area (Å²) in [5.74, 6) is -0.0790. The smallest absolute Gasteiger partial charge is 0.296 e. The van der Waals surface area contributed by atoms with Crippen LogP contribution in [0.15, 0.2) is 76.1 Å². The highest BCUT2D eigenvalue weighted by Crippen LogP contribution is 2.40. The van der Waals surface area contributed by atoms with Crippen LogP contribution in [-0.2, 0) is 0 Å². The Morgan fingerprint density at radius 3 is 2.57 bits per heavy atom. The third kappa shape index (κ3) is 2.67. The number of amides is 1. The molecule has 148 valence electrons. The van der Waals surface area contributed by atoms with Crippen LogP contribution in [0.2, 0.25) is 0 Å². The number of carbonyl (C=O) groups is 1. The Hall–Kier alpha value is -4.00. The molecule has 0 spiro atoms. The number of hydrogen-bond acceptors (Lipinski definition) is 5. The molecule has 0 aliphatic carbocycles. The van der Waals surface area contributed by atoms with Gasteiger partial charge in [0.05, 0.1) is 24.1 Å². The molecule has 3 heterocycles. The molecule has 1 atom stereocenters. The maximum absolute atomic E-state index is 13.8. The molecular formula is C23H15FN2O4. The van der Waals surface area contributed by atoms with Crippen molar-refractivity contribution < 1.29 is 18.3 Å². The van der Waals surface area contributed by atoms with Gasteiger partial charge in [0.2, 0.25) is 5.76 Å². The second kappa shape index (κ2) is 6.81. The number of nitrogens with zero attached hydrogens (tertiary/aromatic N) is 2. The Kier molecular flexibility index (Phi) is 4.10. The first-order valence-corrected chi connectivity index (χ1v) is 9.23. The van der Waals surface area contributed by atoms with Gasteiger partial charge in [-0.1, -0.05) is 18.2 Å². The van der Waals surface area contributed by atoms with Crippen LogP contribution in [0, 0.1) is 5.82 Å². The Balaban J connectivity index is 1.80. The number of anilines is 1. The zero-order chi connectivity index (χ0) is 20.8. The SMILES string of the molecule is COc1ccc([C@@H]2c3c(oc4ccc(F)cc4c3=O)C(=O)N2c2ccccn2)cc1. The Bertz CT molecular complexity index is 1330. The Labute approximate surface area is 170 Å². The quantitative estimate of drug-likeness (QED) is 0.516. The predicted octanol–water partition coefficient (Wildman–Crippen LogP) is 4.09. The second-order valence-electron chi connectivity index (χ2n) is 6.85. The van der Waals surface area contributed by atoms with Crippen molar-refractivity contribution in [3.63, 3.8) is 0 Å². The summed E-state index contributed by atoms with van der Waals surface area (Å²) in [6.07, 6.45) is 1.57. The summed E-state index contributed by atoms with van der Waals surface area (Å²) in [4.78, 5) is 32.4. The molecule has 0 bridgehead atoms. The van der Waals surface area contributed by atoms with E-state index in [4.69, 9.17) is 9.15 Å². The number of hydrogen-bond donors (Lipinski definition) is 0. The normalized spacial score (nSPS) is 15.5. The predicted molar refractivity (Wildman–Crippen MR) is 108 cm³/mol. The molecule has 30 heavy (non-hydrogen) atoms. The summed E-state index contributed by atoms with van der Waals surface area (Å²) in [5.41, 5.74) is 0.550. The van der Waals surface area contributed by atoms with Crippen molar-refractivity contribution in [2.24, 2.45) is 0 Å². The topological polar surface area (TPSA) is 72.6 Å². The summed E-state index contributed by atoms with van der Waals surface area (Å²) in [7, 11) is 1.55. The van der Waals surface area contributed by atoms with Gasteiger partial charge in [-0.15, -0.1) is 0 Å². The monoisotopic (exact) mass is 402 g/mol. The molecule has 6 nitrogen and oxygen atoms in total. The standard InChI is InChI=1S/C23H15FN2O4/c1-29-15-8-5-13(6-9-15)20-19-21(27)16-12-14(24)7-10-17(16)30-22(19)23(28)26(20)18-4-2-3-11-25-18/h2-12,20H,1H3/t20-/m1/s1.